The highest BCUT2D eigenvalue weighted by Crippen LogP contribution is 2.37. The Morgan fingerprint density at radius 2 is 1.76 bits per heavy atom. The second kappa shape index (κ2) is 16.7. The summed E-state index contributed by atoms with van der Waals surface area (Å²) in [4.78, 5) is 44.4. The van der Waals surface area contributed by atoms with Gasteiger partial charge in [0.2, 0.25) is 0 Å². The molecule has 1 aliphatic rings. The zero-order valence-electron chi connectivity index (χ0n) is 27.5. The molecule has 4 aromatic rings. The number of hydrogen-bond donors (Lipinski definition) is 0. The molecule has 0 amide bonds. The van der Waals surface area contributed by atoms with E-state index in [1.807, 2.05) is 37.3 Å². The van der Waals surface area contributed by atoms with Crippen LogP contribution in [-0.4, -0.2) is 43.4 Å². The van der Waals surface area contributed by atoms with Crippen molar-refractivity contribution in [2.45, 2.75) is 33.4 Å². The van der Waals surface area contributed by atoms with Crippen LogP contribution in [-0.2, 0) is 25.7 Å². The first-order chi connectivity index (χ1) is 24.1. The van der Waals surface area contributed by atoms with Crippen molar-refractivity contribution in [3.8, 4) is 23.3 Å². The molecule has 1 atom stereocenters. The largest absolute Gasteiger partial charge is 0.490 e. The number of nitriles is 1. The molecule has 0 unspecified atom stereocenters. The number of benzene rings is 3. The minimum Gasteiger partial charge on any atom is -0.490 e. The van der Waals surface area contributed by atoms with Gasteiger partial charge in [0, 0.05) is 5.56 Å². The number of thiazole rings is 1. The van der Waals surface area contributed by atoms with E-state index in [1.165, 1.54) is 23.0 Å². The number of esters is 2. The number of carbonyl (C=O) groups excluding carboxylic acids is 2. The number of rotatable bonds is 12. The number of fused-ring (bicyclic) bond motifs is 1. The average Bonchev–Trinajstić information content (AvgIpc) is 3.40. The zero-order valence-corrected chi connectivity index (χ0v) is 32.6. The van der Waals surface area contributed by atoms with Crippen LogP contribution in [0, 0.1) is 18.5 Å². The summed E-state index contributed by atoms with van der Waals surface area (Å²) in [6, 6.07) is 17.5. The molecular formula is C36H31I2N3O8S. The third-order valence-corrected chi connectivity index (χ3v) is 10.1. The minimum absolute atomic E-state index is 0.138. The first-order valence-corrected chi connectivity index (χ1v) is 18.3. The number of allylic oxidation sites excluding steroid dienone is 1. The van der Waals surface area contributed by atoms with Crippen molar-refractivity contribution in [3.63, 3.8) is 0 Å². The number of halogens is 2. The van der Waals surface area contributed by atoms with E-state index in [0.29, 0.717) is 50.0 Å². The summed E-state index contributed by atoms with van der Waals surface area (Å²) in [5.41, 5.74) is 2.99. The van der Waals surface area contributed by atoms with Gasteiger partial charge in [0.15, 0.2) is 22.9 Å². The van der Waals surface area contributed by atoms with Gasteiger partial charge >= 0.3 is 11.9 Å². The summed E-state index contributed by atoms with van der Waals surface area (Å²) in [5, 5.41) is 9.44. The van der Waals surface area contributed by atoms with Crippen LogP contribution in [0.4, 0.5) is 0 Å². The van der Waals surface area contributed by atoms with Gasteiger partial charge in [-0.25, -0.2) is 14.6 Å². The molecule has 1 aromatic heterocycles. The highest BCUT2D eigenvalue weighted by molar-refractivity contribution is 14.1. The van der Waals surface area contributed by atoms with Crippen molar-refractivity contribution < 1.29 is 33.3 Å². The van der Waals surface area contributed by atoms with E-state index in [1.54, 1.807) is 44.2 Å². The van der Waals surface area contributed by atoms with E-state index in [9.17, 15) is 19.6 Å². The highest BCUT2D eigenvalue weighted by atomic mass is 127. The standard InChI is InChI=1S/C36H31I2N3O8S/c1-5-46-28-16-22(11-12-27(28)48-19-30(42)45-4)32-31(35(44)47-6-2)20(3)40-36-41(32)34(43)29(50-36)15-21-13-25(37)33(26(38)14-21)49-18-24-10-8-7-9-23(24)17-39/h7-16,32H,5-6,18-19H2,1-4H3/b29-15-/t32-/m0/s1. The summed E-state index contributed by atoms with van der Waals surface area (Å²) in [6.07, 6.45) is 1.79. The summed E-state index contributed by atoms with van der Waals surface area (Å²) in [6.45, 7) is 5.59. The van der Waals surface area contributed by atoms with Crippen molar-refractivity contribution in [2.24, 2.45) is 4.99 Å². The number of nitrogens with zero attached hydrogens (tertiary/aromatic N) is 3. The molecule has 14 heteroatoms. The molecule has 50 heavy (non-hydrogen) atoms. The fourth-order valence-corrected chi connectivity index (χ4v) is 8.42. The monoisotopic (exact) mass is 919 g/mol. The normalized spacial score (nSPS) is 13.9. The summed E-state index contributed by atoms with van der Waals surface area (Å²) >= 11 is 5.61. The van der Waals surface area contributed by atoms with Crippen molar-refractivity contribution in [1.29, 1.82) is 5.26 Å². The van der Waals surface area contributed by atoms with E-state index >= 15 is 0 Å². The van der Waals surface area contributed by atoms with Gasteiger partial charge in [-0.1, -0.05) is 35.6 Å². The number of carbonyl (C=O) groups is 2. The van der Waals surface area contributed by atoms with E-state index < -0.39 is 18.0 Å². The molecule has 0 radical (unpaired) electrons. The third-order valence-electron chi connectivity index (χ3n) is 7.50. The fourth-order valence-electron chi connectivity index (χ4n) is 5.24. The Bertz CT molecular complexity index is 2200. The lowest BCUT2D eigenvalue weighted by Crippen LogP contribution is -2.40. The van der Waals surface area contributed by atoms with Crippen molar-refractivity contribution in [1.82, 2.24) is 4.57 Å². The van der Waals surface area contributed by atoms with E-state index in [2.05, 4.69) is 61.0 Å². The van der Waals surface area contributed by atoms with Gasteiger partial charge < -0.3 is 23.7 Å². The van der Waals surface area contributed by atoms with E-state index in [0.717, 1.165) is 18.3 Å². The second-order valence-corrected chi connectivity index (χ2v) is 14.0. The lowest BCUT2D eigenvalue weighted by atomic mass is 9.95. The molecule has 0 spiro atoms. The SMILES string of the molecule is CCOC(=O)C1=C(C)N=c2s/c(=C\c3cc(I)c(OCc4ccccc4C#N)c(I)c3)c(=O)n2[C@H]1c1ccc(OCC(=O)OC)c(OCC)c1. The molecule has 0 bridgehead atoms. The van der Waals surface area contributed by atoms with E-state index in [-0.39, 0.29) is 31.0 Å². The summed E-state index contributed by atoms with van der Waals surface area (Å²) < 4.78 is 31.3. The molecule has 2 heterocycles. The molecule has 0 aliphatic carbocycles. The molecule has 0 saturated heterocycles. The van der Waals surface area contributed by atoms with Gasteiger partial charge in [0.25, 0.3) is 5.56 Å². The van der Waals surface area contributed by atoms with Gasteiger partial charge in [-0.05, 0) is 113 Å². The number of hydrogen-bond acceptors (Lipinski definition) is 11. The Labute approximate surface area is 319 Å². The zero-order chi connectivity index (χ0) is 35.9. The molecule has 0 fully saturated rings. The predicted molar refractivity (Wildman–Crippen MR) is 203 cm³/mol. The van der Waals surface area contributed by atoms with Gasteiger partial charge in [-0.15, -0.1) is 0 Å². The van der Waals surface area contributed by atoms with E-state index in [4.69, 9.17) is 18.9 Å². The summed E-state index contributed by atoms with van der Waals surface area (Å²) in [7, 11) is 1.27. The first kappa shape index (κ1) is 37.1. The Kier molecular flexibility index (Phi) is 12.4. The topological polar surface area (TPSA) is 138 Å². The highest BCUT2D eigenvalue weighted by Gasteiger charge is 2.34. The molecule has 3 aromatic carbocycles. The Morgan fingerprint density at radius 3 is 2.44 bits per heavy atom. The van der Waals surface area contributed by atoms with Crippen LogP contribution in [0.2, 0.25) is 0 Å². The van der Waals surface area contributed by atoms with Crippen LogP contribution in [0.1, 0.15) is 49.1 Å². The predicted octanol–water partition coefficient (Wildman–Crippen LogP) is 5.41. The van der Waals surface area contributed by atoms with Gasteiger partial charge in [-0.2, -0.15) is 5.26 Å². The maximum Gasteiger partial charge on any atom is 0.343 e. The fraction of sp³-hybridized carbons (Fsp3) is 0.250. The van der Waals surface area contributed by atoms with Gasteiger partial charge in [0.05, 0.1) is 60.9 Å². The Hall–Kier alpha value is -4.21. The lowest BCUT2D eigenvalue weighted by Gasteiger charge is -2.25. The second-order valence-electron chi connectivity index (χ2n) is 10.7. The van der Waals surface area contributed by atoms with Crippen molar-refractivity contribution >= 4 is 74.5 Å². The van der Waals surface area contributed by atoms with Crippen LogP contribution in [0.3, 0.4) is 0 Å². The van der Waals surface area contributed by atoms with Crippen molar-refractivity contribution in [2.75, 3.05) is 26.9 Å². The third kappa shape index (κ3) is 8.05. The molecular weight excluding hydrogens is 888 g/mol. The maximum atomic E-state index is 14.2. The molecule has 11 nitrogen and oxygen atoms in total. The summed E-state index contributed by atoms with van der Waals surface area (Å²) in [5.74, 6) is 0.166. The molecule has 258 valence electrons. The minimum atomic E-state index is -0.881. The van der Waals surface area contributed by atoms with Crippen LogP contribution < -0.4 is 29.1 Å². The van der Waals surface area contributed by atoms with Crippen molar-refractivity contribution in [3.05, 3.63) is 115 Å². The molecule has 1 aliphatic heterocycles. The number of aromatic nitrogens is 1. The van der Waals surface area contributed by atoms with Crippen LogP contribution >= 0.6 is 56.5 Å². The quantitative estimate of drug-likeness (QED) is 0.135. The van der Waals surface area contributed by atoms with Gasteiger partial charge in [-0.3, -0.25) is 9.36 Å². The lowest BCUT2D eigenvalue weighted by molar-refractivity contribution is -0.143. The average molecular weight is 920 g/mol. The smallest absolute Gasteiger partial charge is 0.343 e. The Balaban J connectivity index is 1.57. The van der Waals surface area contributed by atoms with Crippen LogP contribution in [0.25, 0.3) is 6.08 Å². The van der Waals surface area contributed by atoms with Gasteiger partial charge in [0.1, 0.15) is 12.4 Å². The number of ether oxygens (including phenoxy) is 5. The maximum absolute atomic E-state index is 14.2. The Morgan fingerprint density at radius 1 is 1.02 bits per heavy atom. The van der Waals surface area contributed by atoms with Crippen LogP contribution in [0.5, 0.6) is 17.2 Å². The van der Waals surface area contributed by atoms with Crippen LogP contribution in [0.15, 0.2) is 75.7 Å². The number of methoxy groups -OCH3 is 1. The molecule has 0 N–H and O–H groups in total. The first-order valence-electron chi connectivity index (χ1n) is 15.4. The molecule has 0 saturated carbocycles. The molecule has 5 rings (SSSR count).